The smallest absolute Gasteiger partial charge is 0.242 e. The van der Waals surface area contributed by atoms with Gasteiger partial charge in [0.15, 0.2) is 0 Å². The fraction of sp³-hybridized carbons (Fsp3) is 0.462. The second-order valence-corrected chi connectivity index (χ2v) is 10.4. The molecule has 2 aromatic carbocycles. The predicted molar refractivity (Wildman–Crippen MR) is 139 cm³/mol. The summed E-state index contributed by atoms with van der Waals surface area (Å²) in [6.45, 7) is 6.49. The number of methoxy groups -OCH3 is 1. The molecule has 192 valence electrons. The number of hydrogen-bond donors (Lipinski definition) is 1. The molecule has 0 radical (unpaired) electrons. The lowest BCUT2D eigenvalue weighted by atomic mass is 10.1. The van der Waals surface area contributed by atoms with E-state index in [0.29, 0.717) is 30.8 Å². The van der Waals surface area contributed by atoms with Gasteiger partial charge in [-0.3, -0.25) is 13.9 Å². The van der Waals surface area contributed by atoms with Crippen LogP contribution in [0.5, 0.6) is 5.75 Å². The van der Waals surface area contributed by atoms with E-state index >= 15 is 0 Å². The van der Waals surface area contributed by atoms with E-state index < -0.39 is 16.1 Å². The molecular formula is C26H37N3O5S. The number of hydrogen-bond acceptors (Lipinski definition) is 5. The maximum absolute atomic E-state index is 13.4. The molecule has 8 nitrogen and oxygen atoms in total. The van der Waals surface area contributed by atoms with Crippen molar-refractivity contribution in [1.29, 1.82) is 0 Å². The van der Waals surface area contributed by atoms with E-state index in [-0.39, 0.29) is 31.3 Å². The number of amides is 2. The Morgan fingerprint density at radius 3 is 2.40 bits per heavy atom. The zero-order chi connectivity index (χ0) is 26.0. The lowest BCUT2D eigenvalue weighted by Gasteiger charge is -2.31. The minimum atomic E-state index is -3.52. The molecule has 1 atom stereocenters. The molecule has 0 saturated carbocycles. The third kappa shape index (κ3) is 8.28. The fourth-order valence-corrected chi connectivity index (χ4v) is 4.92. The lowest BCUT2D eigenvalue weighted by molar-refractivity contribution is -0.141. The van der Waals surface area contributed by atoms with Gasteiger partial charge < -0.3 is 15.0 Å². The maximum Gasteiger partial charge on any atom is 0.242 e. The highest BCUT2D eigenvalue weighted by Gasteiger charge is 2.28. The Balaban J connectivity index is 2.22. The highest BCUT2D eigenvalue weighted by atomic mass is 32.2. The molecule has 0 heterocycles. The van der Waals surface area contributed by atoms with Crippen LogP contribution in [0.1, 0.15) is 44.2 Å². The van der Waals surface area contributed by atoms with Crippen molar-refractivity contribution in [2.24, 2.45) is 0 Å². The van der Waals surface area contributed by atoms with Crippen LogP contribution in [0.25, 0.3) is 0 Å². The van der Waals surface area contributed by atoms with Crippen molar-refractivity contribution in [2.45, 2.75) is 52.6 Å². The summed E-state index contributed by atoms with van der Waals surface area (Å²) >= 11 is 0. The number of ether oxygens (including phenoxy) is 1. The molecule has 0 saturated heterocycles. The van der Waals surface area contributed by atoms with Crippen molar-refractivity contribution < 1.29 is 22.7 Å². The first-order chi connectivity index (χ1) is 16.6. The Morgan fingerprint density at radius 2 is 1.80 bits per heavy atom. The maximum atomic E-state index is 13.4. The molecule has 9 heteroatoms. The molecular weight excluding hydrogens is 466 g/mol. The molecule has 2 amide bonds. The van der Waals surface area contributed by atoms with Crippen LogP contribution >= 0.6 is 0 Å². The van der Waals surface area contributed by atoms with Crippen molar-refractivity contribution in [1.82, 2.24) is 10.2 Å². The molecule has 0 bridgehead atoms. The highest BCUT2D eigenvalue weighted by Crippen LogP contribution is 2.21. The molecule has 0 spiro atoms. The first-order valence-electron chi connectivity index (χ1n) is 11.8. The number of nitrogens with zero attached hydrogens (tertiary/aromatic N) is 2. The van der Waals surface area contributed by atoms with Gasteiger partial charge in [0, 0.05) is 26.1 Å². The van der Waals surface area contributed by atoms with Gasteiger partial charge in [-0.2, -0.15) is 0 Å². The fourth-order valence-electron chi connectivity index (χ4n) is 3.97. The van der Waals surface area contributed by atoms with E-state index in [1.54, 1.807) is 24.1 Å². The Morgan fingerprint density at radius 1 is 1.09 bits per heavy atom. The van der Waals surface area contributed by atoms with Gasteiger partial charge in [-0.05, 0) is 62.1 Å². The standard InChI is InChI=1S/C26H37N3O5S/c1-6-24(26(31)27-7-2)28(19-21-12-9-14-23(18-21)34-4)25(30)15-10-16-29(35(5,32)33)22-13-8-11-20(3)17-22/h8-9,11-14,17-18,24H,6-7,10,15-16,19H2,1-5H3,(H,27,31). The first-order valence-corrected chi connectivity index (χ1v) is 13.7. The van der Waals surface area contributed by atoms with Gasteiger partial charge in [0.05, 0.1) is 19.1 Å². The van der Waals surface area contributed by atoms with E-state index in [9.17, 15) is 18.0 Å². The number of anilines is 1. The monoisotopic (exact) mass is 503 g/mol. The van der Waals surface area contributed by atoms with Crippen LogP contribution in [0, 0.1) is 6.92 Å². The molecule has 1 N–H and O–H groups in total. The Kier molecular flexibility index (Phi) is 10.6. The summed E-state index contributed by atoms with van der Waals surface area (Å²) in [7, 11) is -1.94. The average Bonchev–Trinajstić information content (AvgIpc) is 2.81. The van der Waals surface area contributed by atoms with Gasteiger partial charge >= 0.3 is 0 Å². The molecule has 35 heavy (non-hydrogen) atoms. The molecule has 0 aliphatic carbocycles. The second kappa shape index (κ2) is 13.1. The van der Waals surface area contributed by atoms with Crippen LogP contribution in [0.2, 0.25) is 0 Å². The van der Waals surface area contributed by atoms with E-state index in [0.717, 1.165) is 17.4 Å². The minimum absolute atomic E-state index is 0.109. The zero-order valence-corrected chi connectivity index (χ0v) is 22.1. The van der Waals surface area contributed by atoms with E-state index in [4.69, 9.17) is 4.74 Å². The second-order valence-electron chi connectivity index (χ2n) is 8.47. The van der Waals surface area contributed by atoms with E-state index in [2.05, 4.69) is 5.32 Å². The predicted octanol–water partition coefficient (Wildman–Crippen LogP) is 3.49. The molecule has 2 rings (SSSR count). The van der Waals surface area contributed by atoms with Crippen LogP contribution in [0.15, 0.2) is 48.5 Å². The summed E-state index contributed by atoms with van der Waals surface area (Å²) in [5.74, 6) is 0.260. The largest absolute Gasteiger partial charge is 0.497 e. The van der Waals surface area contributed by atoms with E-state index in [1.807, 2.05) is 57.2 Å². The van der Waals surface area contributed by atoms with Crippen molar-refractivity contribution in [3.05, 3.63) is 59.7 Å². The summed E-state index contributed by atoms with van der Waals surface area (Å²) in [4.78, 5) is 27.7. The third-order valence-corrected chi connectivity index (χ3v) is 6.86. The van der Waals surface area contributed by atoms with Gasteiger partial charge in [-0.15, -0.1) is 0 Å². The number of likely N-dealkylation sites (N-methyl/N-ethyl adjacent to an activating group) is 1. The van der Waals surface area contributed by atoms with Crippen LogP contribution in [-0.2, 0) is 26.2 Å². The van der Waals surface area contributed by atoms with Gasteiger partial charge in [0.2, 0.25) is 21.8 Å². The number of benzene rings is 2. The van der Waals surface area contributed by atoms with Crippen molar-refractivity contribution >= 4 is 27.5 Å². The van der Waals surface area contributed by atoms with Crippen LogP contribution in [0.3, 0.4) is 0 Å². The normalized spacial score (nSPS) is 12.0. The molecule has 0 fully saturated rings. The average molecular weight is 504 g/mol. The summed E-state index contributed by atoms with van der Waals surface area (Å²) in [6, 6.07) is 14.0. The highest BCUT2D eigenvalue weighted by molar-refractivity contribution is 7.92. The number of carbonyl (C=O) groups is 2. The van der Waals surface area contributed by atoms with Crippen LogP contribution in [0.4, 0.5) is 5.69 Å². The molecule has 0 aliphatic heterocycles. The van der Waals surface area contributed by atoms with E-state index in [1.165, 1.54) is 4.31 Å². The summed E-state index contributed by atoms with van der Waals surface area (Å²) < 4.78 is 31.5. The van der Waals surface area contributed by atoms with Crippen molar-refractivity contribution in [3.8, 4) is 5.75 Å². The summed E-state index contributed by atoms with van der Waals surface area (Å²) in [6.07, 6.45) is 2.05. The number of nitrogens with one attached hydrogen (secondary N) is 1. The van der Waals surface area contributed by atoms with Crippen LogP contribution < -0.4 is 14.4 Å². The topological polar surface area (TPSA) is 96.0 Å². The zero-order valence-electron chi connectivity index (χ0n) is 21.3. The SMILES string of the molecule is CCNC(=O)C(CC)N(Cc1cccc(OC)c1)C(=O)CCCN(c1cccc(C)c1)S(C)(=O)=O. The number of carbonyl (C=O) groups excluding carboxylic acids is 2. The number of rotatable bonds is 13. The van der Waals surface area contributed by atoms with Crippen molar-refractivity contribution in [2.75, 3.05) is 30.8 Å². The molecule has 0 aromatic heterocycles. The van der Waals surface area contributed by atoms with Gasteiger partial charge in [0.25, 0.3) is 0 Å². The van der Waals surface area contributed by atoms with Gasteiger partial charge in [-0.25, -0.2) is 8.42 Å². The third-order valence-electron chi connectivity index (χ3n) is 5.67. The lowest BCUT2D eigenvalue weighted by Crippen LogP contribution is -2.49. The number of sulfonamides is 1. The van der Waals surface area contributed by atoms with Crippen molar-refractivity contribution in [3.63, 3.8) is 0 Å². The minimum Gasteiger partial charge on any atom is -0.497 e. The quantitative estimate of drug-likeness (QED) is 0.451. The summed E-state index contributed by atoms with van der Waals surface area (Å²) in [5.41, 5.74) is 2.37. The molecule has 1 unspecified atom stereocenters. The Hall–Kier alpha value is -3.07. The Labute approximate surface area is 209 Å². The molecule has 2 aromatic rings. The van der Waals surface area contributed by atoms with Gasteiger partial charge in [-0.1, -0.05) is 31.2 Å². The number of aryl methyl sites for hydroxylation is 1. The Bertz CT molecular complexity index is 1100. The van der Waals surface area contributed by atoms with Gasteiger partial charge in [0.1, 0.15) is 11.8 Å². The first kappa shape index (κ1) is 28.2. The van der Waals surface area contributed by atoms with Crippen LogP contribution in [-0.4, -0.2) is 57.6 Å². The summed E-state index contributed by atoms with van der Waals surface area (Å²) in [5, 5.41) is 2.82. The molecule has 0 aliphatic rings.